The number of carbonyl (C=O) groups excluding carboxylic acids is 1. The zero-order valence-electron chi connectivity index (χ0n) is 19.1. The molecular weight excluding hydrogens is 468 g/mol. The number of rotatable bonds is 7. The summed E-state index contributed by atoms with van der Waals surface area (Å²) in [6.45, 7) is 4.41. The predicted octanol–water partition coefficient (Wildman–Crippen LogP) is 3.83. The van der Waals surface area contributed by atoms with Crippen LogP contribution in [0.4, 0.5) is 8.78 Å². The van der Waals surface area contributed by atoms with Crippen LogP contribution in [0, 0.1) is 17.6 Å². The van der Waals surface area contributed by atoms with E-state index >= 15 is 0 Å². The summed E-state index contributed by atoms with van der Waals surface area (Å²) in [5, 5.41) is 0. The highest BCUT2D eigenvalue weighted by atomic mass is 32.2. The van der Waals surface area contributed by atoms with Gasteiger partial charge in [-0.3, -0.25) is 4.79 Å². The van der Waals surface area contributed by atoms with E-state index < -0.39 is 38.4 Å². The molecule has 2 aromatic rings. The molecule has 7 nitrogen and oxygen atoms in total. The lowest BCUT2D eigenvalue weighted by Gasteiger charge is -2.30. The molecule has 1 saturated heterocycles. The number of hydrogen-bond donors (Lipinski definition) is 0. The van der Waals surface area contributed by atoms with Gasteiger partial charge in [-0.05, 0) is 51.0 Å². The molecule has 4 rings (SSSR count). The first kappa shape index (κ1) is 24.4. The minimum absolute atomic E-state index is 0.0124. The normalized spacial score (nSPS) is 18.9. The van der Waals surface area contributed by atoms with Crippen molar-refractivity contribution in [3.8, 4) is 11.5 Å². The van der Waals surface area contributed by atoms with Crippen LogP contribution in [0.3, 0.4) is 0 Å². The van der Waals surface area contributed by atoms with E-state index in [-0.39, 0.29) is 38.6 Å². The molecular formula is C24H27F2NO6S. The van der Waals surface area contributed by atoms with Gasteiger partial charge in [0.25, 0.3) is 0 Å². The molecule has 0 amide bonds. The SMILES string of the molecule is CCOc1cc2c(cc1COC(=O)C1CCN(S(=O)(=O)c3ccc(F)cc3F)CC1)O[C@H](C)C2. The van der Waals surface area contributed by atoms with E-state index in [1.165, 1.54) is 0 Å². The average Bonchev–Trinajstić information content (AvgIpc) is 3.16. The van der Waals surface area contributed by atoms with Gasteiger partial charge in [0.1, 0.15) is 40.7 Å². The van der Waals surface area contributed by atoms with E-state index in [0.29, 0.717) is 24.0 Å². The second-order valence-corrected chi connectivity index (χ2v) is 10.4. The summed E-state index contributed by atoms with van der Waals surface area (Å²) in [5.41, 5.74) is 1.76. The molecule has 0 aromatic heterocycles. The molecule has 2 aliphatic heterocycles. The fourth-order valence-corrected chi connectivity index (χ4v) is 5.82. The number of carbonyl (C=O) groups is 1. The molecule has 1 atom stereocenters. The summed E-state index contributed by atoms with van der Waals surface area (Å²) in [7, 11) is -4.13. The van der Waals surface area contributed by atoms with Crippen LogP contribution in [0.25, 0.3) is 0 Å². The fraction of sp³-hybridized carbons (Fsp3) is 0.458. The summed E-state index contributed by atoms with van der Waals surface area (Å²) in [6, 6.07) is 6.11. The highest BCUT2D eigenvalue weighted by Gasteiger charge is 2.34. The van der Waals surface area contributed by atoms with Crippen molar-refractivity contribution in [3.05, 3.63) is 53.1 Å². The first-order valence-corrected chi connectivity index (χ1v) is 12.7. The summed E-state index contributed by atoms with van der Waals surface area (Å²) >= 11 is 0. The molecule has 2 heterocycles. The van der Waals surface area contributed by atoms with Gasteiger partial charge in [-0.25, -0.2) is 17.2 Å². The summed E-state index contributed by atoms with van der Waals surface area (Å²) < 4.78 is 70.8. The van der Waals surface area contributed by atoms with Crippen LogP contribution in [0.15, 0.2) is 35.2 Å². The van der Waals surface area contributed by atoms with Crippen molar-refractivity contribution in [2.24, 2.45) is 5.92 Å². The number of fused-ring (bicyclic) bond motifs is 1. The molecule has 34 heavy (non-hydrogen) atoms. The lowest BCUT2D eigenvalue weighted by atomic mass is 9.98. The van der Waals surface area contributed by atoms with Crippen molar-refractivity contribution in [2.45, 2.75) is 50.7 Å². The van der Waals surface area contributed by atoms with Gasteiger partial charge in [-0.2, -0.15) is 4.31 Å². The van der Waals surface area contributed by atoms with Crippen LogP contribution in [-0.4, -0.2) is 44.5 Å². The number of benzene rings is 2. The third kappa shape index (κ3) is 5.02. The summed E-state index contributed by atoms with van der Waals surface area (Å²) in [6.07, 6.45) is 1.35. The van der Waals surface area contributed by atoms with Crippen molar-refractivity contribution in [2.75, 3.05) is 19.7 Å². The number of hydrogen-bond acceptors (Lipinski definition) is 6. The Kier molecular flexibility index (Phi) is 7.09. The first-order valence-electron chi connectivity index (χ1n) is 11.3. The Bertz CT molecular complexity index is 1180. The van der Waals surface area contributed by atoms with Crippen molar-refractivity contribution >= 4 is 16.0 Å². The van der Waals surface area contributed by atoms with E-state index in [4.69, 9.17) is 14.2 Å². The highest BCUT2D eigenvalue weighted by Crippen LogP contribution is 2.36. The summed E-state index contributed by atoms with van der Waals surface area (Å²) in [4.78, 5) is 12.1. The number of halogens is 2. The number of nitrogens with zero attached hydrogens (tertiary/aromatic N) is 1. The maximum Gasteiger partial charge on any atom is 0.309 e. The van der Waals surface area contributed by atoms with Crippen LogP contribution in [0.2, 0.25) is 0 Å². The third-order valence-corrected chi connectivity index (χ3v) is 7.98. The Labute approximate surface area is 197 Å². The van der Waals surface area contributed by atoms with Crippen LogP contribution >= 0.6 is 0 Å². The second kappa shape index (κ2) is 9.87. The molecule has 2 aliphatic rings. The lowest BCUT2D eigenvalue weighted by Crippen LogP contribution is -2.40. The maximum atomic E-state index is 14.0. The van der Waals surface area contributed by atoms with Gasteiger partial charge in [0.15, 0.2) is 0 Å². The van der Waals surface area contributed by atoms with Gasteiger partial charge in [-0.1, -0.05) is 0 Å². The van der Waals surface area contributed by atoms with Crippen molar-refractivity contribution in [1.82, 2.24) is 4.31 Å². The third-order valence-electron chi connectivity index (χ3n) is 6.05. The standard InChI is InChI=1S/C24H27F2NO6S/c1-3-31-21-11-17-10-15(2)33-22(17)12-18(21)14-32-24(28)16-6-8-27(9-7-16)34(29,30)23-5-4-19(25)13-20(23)26/h4-5,11-13,15-16H,3,6-10,14H2,1-2H3/t15-/m1/s1. The van der Waals surface area contributed by atoms with Gasteiger partial charge >= 0.3 is 5.97 Å². The van der Waals surface area contributed by atoms with E-state index in [1.54, 1.807) is 0 Å². The largest absolute Gasteiger partial charge is 0.493 e. The number of ether oxygens (including phenoxy) is 3. The number of sulfonamides is 1. The van der Waals surface area contributed by atoms with Crippen LogP contribution in [-0.2, 0) is 32.6 Å². The Hall–Kier alpha value is -2.72. The molecule has 1 fully saturated rings. The Morgan fingerprint density at radius 3 is 2.59 bits per heavy atom. The van der Waals surface area contributed by atoms with E-state index in [2.05, 4.69) is 0 Å². The van der Waals surface area contributed by atoms with Gasteiger partial charge in [0.2, 0.25) is 10.0 Å². The average molecular weight is 496 g/mol. The Morgan fingerprint density at radius 1 is 1.18 bits per heavy atom. The molecule has 0 saturated carbocycles. The van der Waals surface area contributed by atoms with E-state index in [0.717, 1.165) is 34.2 Å². The minimum atomic E-state index is -4.13. The fourth-order valence-electron chi connectivity index (χ4n) is 4.31. The Balaban J connectivity index is 1.37. The van der Waals surface area contributed by atoms with E-state index in [1.807, 2.05) is 26.0 Å². The van der Waals surface area contributed by atoms with Crippen LogP contribution in [0.1, 0.15) is 37.8 Å². The molecule has 0 radical (unpaired) electrons. The Morgan fingerprint density at radius 2 is 1.91 bits per heavy atom. The molecule has 184 valence electrons. The van der Waals surface area contributed by atoms with Crippen molar-refractivity contribution in [3.63, 3.8) is 0 Å². The van der Waals surface area contributed by atoms with Crippen molar-refractivity contribution < 1.29 is 36.2 Å². The smallest absolute Gasteiger partial charge is 0.309 e. The molecule has 10 heteroatoms. The topological polar surface area (TPSA) is 82.1 Å². The molecule has 0 bridgehead atoms. The van der Waals surface area contributed by atoms with Gasteiger partial charge in [-0.15, -0.1) is 0 Å². The monoisotopic (exact) mass is 495 g/mol. The zero-order chi connectivity index (χ0) is 24.5. The number of esters is 1. The second-order valence-electron chi connectivity index (χ2n) is 8.49. The highest BCUT2D eigenvalue weighted by molar-refractivity contribution is 7.89. The summed E-state index contributed by atoms with van der Waals surface area (Å²) in [5.74, 6) is -1.50. The van der Waals surface area contributed by atoms with E-state index in [9.17, 15) is 22.0 Å². The molecule has 0 spiro atoms. The van der Waals surface area contributed by atoms with Crippen molar-refractivity contribution in [1.29, 1.82) is 0 Å². The maximum absolute atomic E-state index is 14.0. The quantitative estimate of drug-likeness (QED) is 0.543. The van der Waals surface area contributed by atoms with Gasteiger partial charge < -0.3 is 14.2 Å². The minimum Gasteiger partial charge on any atom is -0.493 e. The molecule has 2 aromatic carbocycles. The van der Waals surface area contributed by atoms with Crippen LogP contribution < -0.4 is 9.47 Å². The first-order chi connectivity index (χ1) is 16.2. The lowest BCUT2D eigenvalue weighted by molar-refractivity contribution is -0.151. The molecule has 0 N–H and O–H groups in total. The van der Waals surface area contributed by atoms with Gasteiger partial charge in [0.05, 0.1) is 12.5 Å². The molecule has 0 unspecified atom stereocenters. The van der Waals surface area contributed by atoms with Crippen LogP contribution in [0.5, 0.6) is 11.5 Å². The molecule has 0 aliphatic carbocycles. The van der Waals surface area contributed by atoms with Gasteiger partial charge in [0, 0.05) is 36.7 Å². The predicted molar refractivity (Wildman–Crippen MR) is 119 cm³/mol. The number of piperidine rings is 1. The zero-order valence-corrected chi connectivity index (χ0v) is 19.9.